The largest absolute Gasteiger partial charge is 0.504 e. The quantitative estimate of drug-likeness (QED) is 0.739. The molecule has 120 valence electrons. The molecule has 2 aromatic rings. The highest BCUT2D eigenvalue weighted by Crippen LogP contribution is 2.38. The van der Waals surface area contributed by atoms with E-state index in [1.165, 1.54) is 17.0 Å². The Kier molecular flexibility index (Phi) is 3.19. The monoisotopic (exact) mass is 318 g/mol. The van der Waals surface area contributed by atoms with Crippen molar-refractivity contribution in [3.8, 4) is 11.6 Å². The fourth-order valence-electron chi connectivity index (χ4n) is 3.01. The number of furan rings is 1. The first-order valence-corrected chi connectivity index (χ1v) is 7.41. The van der Waals surface area contributed by atoms with Crippen LogP contribution in [0.15, 0.2) is 27.4 Å². The summed E-state index contributed by atoms with van der Waals surface area (Å²) in [5, 5.41) is 21.5. The van der Waals surface area contributed by atoms with E-state index >= 15 is 0 Å². The van der Waals surface area contributed by atoms with Crippen molar-refractivity contribution in [2.45, 2.75) is 32.3 Å². The van der Waals surface area contributed by atoms with Gasteiger partial charge in [-0.05, 0) is 31.3 Å². The summed E-state index contributed by atoms with van der Waals surface area (Å²) in [4.78, 5) is 8.19. The van der Waals surface area contributed by atoms with Crippen LogP contribution in [0.5, 0.6) is 5.75 Å². The summed E-state index contributed by atoms with van der Waals surface area (Å²) >= 11 is 0. The molecule has 1 saturated carbocycles. The van der Waals surface area contributed by atoms with Gasteiger partial charge >= 0.3 is 0 Å². The van der Waals surface area contributed by atoms with Crippen LogP contribution in [0.1, 0.15) is 37.1 Å². The van der Waals surface area contributed by atoms with E-state index in [2.05, 4.69) is 15.3 Å². The van der Waals surface area contributed by atoms with Crippen LogP contribution < -0.4 is 5.32 Å². The topological polar surface area (TPSA) is 95.8 Å². The van der Waals surface area contributed by atoms with Crippen molar-refractivity contribution in [1.82, 2.24) is 14.9 Å². The summed E-state index contributed by atoms with van der Waals surface area (Å²) in [6, 6.07) is 1.34. The Morgan fingerprint density at radius 2 is 2.13 bits per heavy atom. The van der Waals surface area contributed by atoms with E-state index in [1.54, 1.807) is 0 Å². The Bertz CT molecular complexity index is 826. The summed E-state index contributed by atoms with van der Waals surface area (Å²) in [7, 11) is 0. The number of aromatic nitrogens is 2. The SMILES string of the molecule is OCc1oc(-n2cnc3c2N=C(F)NC3=C2CCCC2)cc1O. The lowest BCUT2D eigenvalue weighted by atomic mass is 10.1. The molecule has 0 radical (unpaired) electrons. The second kappa shape index (κ2) is 5.24. The number of rotatable bonds is 2. The molecule has 0 spiro atoms. The fraction of sp³-hybridized carbons (Fsp3) is 0.333. The van der Waals surface area contributed by atoms with Crippen molar-refractivity contribution < 1.29 is 19.0 Å². The molecule has 0 atom stereocenters. The lowest BCUT2D eigenvalue weighted by molar-refractivity contribution is 0.239. The molecule has 1 fully saturated rings. The van der Waals surface area contributed by atoms with Gasteiger partial charge in [0.05, 0.1) is 5.70 Å². The van der Waals surface area contributed by atoms with Gasteiger partial charge in [0.1, 0.15) is 18.6 Å². The molecule has 23 heavy (non-hydrogen) atoms. The van der Waals surface area contributed by atoms with Gasteiger partial charge in [-0.1, -0.05) is 0 Å². The average molecular weight is 318 g/mol. The standard InChI is InChI=1S/C15H15FN4O3/c16-15-18-12(8-3-1-2-4-8)13-14(19-15)20(7-17-13)11-5-9(22)10(6-21)23-11/h5,7,21-22H,1-4,6H2,(H,18,19). The highest BCUT2D eigenvalue weighted by molar-refractivity contribution is 5.92. The fourth-order valence-corrected chi connectivity index (χ4v) is 3.01. The lowest BCUT2D eigenvalue weighted by Gasteiger charge is -2.16. The third kappa shape index (κ3) is 2.22. The molecule has 0 unspecified atom stereocenters. The van der Waals surface area contributed by atoms with Crippen LogP contribution in [0.4, 0.5) is 10.2 Å². The van der Waals surface area contributed by atoms with Crippen LogP contribution in [-0.2, 0) is 6.61 Å². The molecule has 4 rings (SSSR count). The maximum Gasteiger partial charge on any atom is 0.289 e. The lowest BCUT2D eigenvalue weighted by Crippen LogP contribution is -2.22. The van der Waals surface area contributed by atoms with Gasteiger partial charge in [-0.2, -0.15) is 9.38 Å². The van der Waals surface area contributed by atoms with Crippen LogP contribution in [0.3, 0.4) is 0 Å². The van der Waals surface area contributed by atoms with E-state index in [-0.39, 0.29) is 17.4 Å². The third-order valence-corrected chi connectivity index (χ3v) is 4.13. The van der Waals surface area contributed by atoms with Gasteiger partial charge in [0, 0.05) is 6.07 Å². The summed E-state index contributed by atoms with van der Waals surface area (Å²) in [6.07, 6.45) is 4.76. The number of aliphatic hydroxyl groups excluding tert-OH is 1. The molecule has 0 aromatic carbocycles. The van der Waals surface area contributed by atoms with Crippen molar-refractivity contribution in [3.05, 3.63) is 29.4 Å². The van der Waals surface area contributed by atoms with Gasteiger partial charge in [-0.3, -0.25) is 4.57 Å². The average Bonchev–Trinajstić information content (AvgIpc) is 3.24. The number of nitrogens with one attached hydrogen (secondary N) is 1. The summed E-state index contributed by atoms with van der Waals surface area (Å²) < 4.78 is 20.7. The van der Waals surface area contributed by atoms with Crippen molar-refractivity contribution in [1.29, 1.82) is 0 Å². The van der Waals surface area contributed by atoms with Crippen LogP contribution >= 0.6 is 0 Å². The predicted octanol–water partition coefficient (Wildman–Crippen LogP) is 2.51. The first-order valence-electron chi connectivity index (χ1n) is 7.41. The van der Waals surface area contributed by atoms with Gasteiger partial charge in [-0.25, -0.2) is 4.98 Å². The van der Waals surface area contributed by atoms with E-state index in [9.17, 15) is 9.50 Å². The molecular formula is C15H15FN4O3. The Morgan fingerprint density at radius 1 is 1.35 bits per heavy atom. The van der Waals surface area contributed by atoms with Crippen molar-refractivity contribution in [3.63, 3.8) is 0 Å². The van der Waals surface area contributed by atoms with Gasteiger partial charge < -0.3 is 19.9 Å². The van der Waals surface area contributed by atoms with Crippen LogP contribution in [-0.4, -0.2) is 25.9 Å². The number of amidine groups is 1. The Balaban J connectivity index is 1.85. The number of fused-ring (bicyclic) bond motifs is 1. The molecule has 1 aliphatic carbocycles. The molecule has 0 saturated heterocycles. The molecule has 2 aliphatic rings. The predicted molar refractivity (Wildman–Crippen MR) is 80.1 cm³/mol. The Morgan fingerprint density at radius 3 is 2.83 bits per heavy atom. The van der Waals surface area contributed by atoms with Crippen molar-refractivity contribution >= 4 is 17.6 Å². The minimum atomic E-state index is -0.702. The molecule has 0 amide bonds. The number of allylic oxidation sites excluding steroid dienone is 1. The van der Waals surface area contributed by atoms with Gasteiger partial charge in [-0.15, -0.1) is 0 Å². The zero-order chi connectivity index (χ0) is 16.0. The molecule has 7 nitrogen and oxygen atoms in total. The number of aromatic hydroxyl groups is 1. The smallest absolute Gasteiger partial charge is 0.289 e. The normalized spacial score (nSPS) is 17.2. The Hall–Kier alpha value is -2.61. The van der Waals surface area contributed by atoms with E-state index in [0.29, 0.717) is 17.2 Å². The number of aliphatic imine (C=N–C) groups is 1. The number of nitrogens with zero attached hydrogens (tertiary/aromatic N) is 3. The Labute approximate surface area is 130 Å². The first kappa shape index (κ1) is 14.0. The summed E-state index contributed by atoms with van der Waals surface area (Å²) in [6.45, 7) is -0.433. The summed E-state index contributed by atoms with van der Waals surface area (Å²) in [5.74, 6) is 0.385. The van der Waals surface area contributed by atoms with E-state index in [4.69, 9.17) is 9.52 Å². The number of hydrogen-bond donors (Lipinski definition) is 3. The van der Waals surface area contributed by atoms with Gasteiger partial charge in [0.2, 0.25) is 5.88 Å². The maximum atomic E-state index is 13.9. The van der Waals surface area contributed by atoms with Crippen molar-refractivity contribution in [2.24, 2.45) is 4.99 Å². The van der Waals surface area contributed by atoms with Crippen LogP contribution in [0, 0.1) is 0 Å². The van der Waals surface area contributed by atoms with Crippen LogP contribution in [0.25, 0.3) is 11.6 Å². The molecule has 1 aliphatic heterocycles. The molecule has 8 heteroatoms. The second-order valence-corrected chi connectivity index (χ2v) is 5.55. The van der Waals surface area contributed by atoms with E-state index in [0.717, 1.165) is 31.3 Å². The molecule has 0 bridgehead atoms. The van der Waals surface area contributed by atoms with Gasteiger partial charge in [0.15, 0.2) is 17.3 Å². The van der Waals surface area contributed by atoms with Crippen LogP contribution in [0.2, 0.25) is 0 Å². The third-order valence-electron chi connectivity index (χ3n) is 4.13. The molecule has 3 N–H and O–H groups in total. The highest BCUT2D eigenvalue weighted by Gasteiger charge is 2.27. The minimum Gasteiger partial charge on any atom is -0.504 e. The molecular weight excluding hydrogens is 303 g/mol. The highest BCUT2D eigenvalue weighted by atomic mass is 19.1. The number of hydrogen-bond acceptors (Lipinski definition) is 6. The second-order valence-electron chi connectivity index (χ2n) is 5.55. The first-order chi connectivity index (χ1) is 11.2. The maximum absolute atomic E-state index is 13.9. The van der Waals surface area contributed by atoms with Gasteiger partial charge in [0.25, 0.3) is 6.09 Å². The minimum absolute atomic E-state index is 0.0372. The van der Waals surface area contributed by atoms with Crippen molar-refractivity contribution in [2.75, 3.05) is 0 Å². The number of imidazole rings is 1. The number of halogens is 1. The van der Waals surface area contributed by atoms with E-state index < -0.39 is 12.7 Å². The number of aliphatic hydroxyl groups is 1. The molecule has 2 aromatic heterocycles. The summed E-state index contributed by atoms with van der Waals surface area (Å²) in [5.41, 5.74) is 2.37. The zero-order valence-corrected chi connectivity index (χ0v) is 12.2. The van der Waals surface area contributed by atoms with E-state index in [1.807, 2.05) is 0 Å². The zero-order valence-electron chi connectivity index (χ0n) is 12.2. The molecule has 3 heterocycles.